The number of carbonyl (C=O) groups is 1. The van der Waals surface area contributed by atoms with E-state index in [4.69, 9.17) is 5.84 Å². The van der Waals surface area contributed by atoms with Gasteiger partial charge in [0.2, 0.25) is 11.1 Å². The molecule has 0 aliphatic heterocycles. The summed E-state index contributed by atoms with van der Waals surface area (Å²) in [7, 11) is 0. The molecule has 6 nitrogen and oxygen atoms in total. The lowest BCUT2D eigenvalue weighted by atomic mass is 10.0. The van der Waals surface area contributed by atoms with Crippen molar-refractivity contribution in [1.29, 1.82) is 0 Å². The molecule has 3 rings (SSSR count). The molecule has 0 saturated carbocycles. The zero-order chi connectivity index (χ0) is 20.3. The summed E-state index contributed by atoms with van der Waals surface area (Å²) < 4.78 is 14.4. The largest absolute Gasteiger partial charge is 0.349 e. The SMILES string of the molecule is Cc1ccc(C(C)NC(=O)CSc2nnc(-c3ccc(F)cc3)n2N)cc1C. The Labute approximate surface area is 167 Å². The molecule has 2 aromatic carbocycles. The summed E-state index contributed by atoms with van der Waals surface area (Å²) in [6.07, 6.45) is 0. The molecule has 0 saturated heterocycles. The summed E-state index contributed by atoms with van der Waals surface area (Å²) in [5.74, 6) is 6.14. The molecule has 0 aliphatic rings. The van der Waals surface area contributed by atoms with Crippen molar-refractivity contribution >= 4 is 17.7 Å². The Kier molecular flexibility index (Phi) is 5.99. The van der Waals surface area contributed by atoms with Gasteiger partial charge in [-0.15, -0.1) is 10.2 Å². The van der Waals surface area contributed by atoms with E-state index in [-0.39, 0.29) is 23.5 Å². The number of thioether (sulfide) groups is 1. The van der Waals surface area contributed by atoms with Gasteiger partial charge in [0, 0.05) is 5.56 Å². The van der Waals surface area contributed by atoms with E-state index in [1.807, 2.05) is 13.0 Å². The third kappa shape index (κ3) is 4.51. The third-order valence-electron chi connectivity index (χ3n) is 4.51. The normalized spacial score (nSPS) is 12.0. The van der Waals surface area contributed by atoms with Crippen LogP contribution in [0.1, 0.15) is 29.7 Å². The molecule has 0 fully saturated rings. The van der Waals surface area contributed by atoms with Crippen LogP contribution >= 0.6 is 11.8 Å². The monoisotopic (exact) mass is 399 g/mol. The van der Waals surface area contributed by atoms with Crippen LogP contribution in [0.25, 0.3) is 11.4 Å². The van der Waals surface area contributed by atoms with Gasteiger partial charge in [-0.3, -0.25) is 4.79 Å². The maximum atomic E-state index is 13.1. The summed E-state index contributed by atoms with van der Waals surface area (Å²) >= 11 is 1.19. The smallest absolute Gasteiger partial charge is 0.230 e. The molecule has 1 heterocycles. The quantitative estimate of drug-likeness (QED) is 0.490. The Balaban J connectivity index is 1.60. The highest BCUT2D eigenvalue weighted by Gasteiger charge is 2.15. The van der Waals surface area contributed by atoms with E-state index in [0.717, 1.165) is 5.56 Å². The number of carbonyl (C=O) groups excluding carboxylic acids is 1. The van der Waals surface area contributed by atoms with Crippen LogP contribution < -0.4 is 11.2 Å². The number of rotatable bonds is 6. The van der Waals surface area contributed by atoms with E-state index in [9.17, 15) is 9.18 Å². The van der Waals surface area contributed by atoms with Gasteiger partial charge in [-0.05, 0) is 61.7 Å². The Morgan fingerprint density at radius 3 is 2.57 bits per heavy atom. The third-order valence-corrected chi connectivity index (χ3v) is 5.45. The van der Waals surface area contributed by atoms with Crippen molar-refractivity contribution in [2.24, 2.45) is 0 Å². The van der Waals surface area contributed by atoms with E-state index >= 15 is 0 Å². The summed E-state index contributed by atoms with van der Waals surface area (Å²) in [5.41, 5.74) is 4.12. The summed E-state index contributed by atoms with van der Waals surface area (Å²) in [4.78, 5) is 12.3. The van der Waals surface area contributed by atoms with Gasteiger partial charge in [0.05, 0.1) is 11.8 Å². The Hall–Kier alpha value is -2.87. The van der Waals surface area contributed by atoms with Gasteiger partial charge in [-0.2, -0.15) is 0 Å². The van der Waals surface area contributed by atoms with Crippen molar-refractivity contribution in [2.45, 2.75) is 32.0 Å². The minimum Gasteiger partial charge on any atom is -0.349 e. The number of amides is 1. The van der Waals surface area contributed by atoms with E-state index in [1.165, 1.54) is 39.7 Å². The van der Waals surface area contributed by atoms with Crippen LogP contribution in [-0.4, -0.2) is 26.5 Å². The number of nitrogens with zero attached hydrogens (tertiary/aromatic N) is 3. The maximum Gasteiger partial charge on any atom is 0.230 e. The molecular formula is C20H22FN5OS. The Bertz CT molecular complexity index is 987. The van der Waals surface area contributed by atoms with Crippen molar-refractivity contribution < 1.29 is 9.18 Å². The minimum absolute atomic E-state index is 0.0991. The highest BCUT2D eigenvalue weighted by molar-refractivity contribution is 7.99. The summed E-state index contributed by atoms with van der Waals surface area (Å²) in [5, 5.41) is 11.4. The average Bonchev–Trinajstić information content (AvgIpc) is 3.03. The predicted molar refractivity (Wildman–Crippen MR) is 109 cm³/mol. The van der Waals surface area contributed by atoms with Crippen molar-refractivity contribution in [3.05, 3.63) is 65.0 Å². The molecule has 146 valence electrons. The topological polar surface area (TPSA) is 85.8 Å². The van der Waals surface area contributed by atoms with Crippen LogP contribution in [0.5, 0.6) is 0 Å². The van der Waals surface area contributed by atoms with Gasteiger partial charge in [-0.1, -0.05) is 30.0 Å². The van der Waals surface area contributed by atoms with Crippen molar-refractivity contribution in [3.63, 3.8) is 0 Å². The molecule has 1 aromatic heterocycles. The number of hydrogen-bond acceptors (Lipinski definition) is 5. The standard InChI is InChI=1S/C20H22FN5OS/c1-12-4-5-16(10-13(12)2)14(3)23-18(27)11-28-20-25-24-19(26(20)22)15-6-8-17(21)9-7-15/h4-10,14H,11,22H2,1-3H3,(H,23,27). The molecular weight excluding hydrogens is 377 g/mol. The average molecular weight is 399 g/mol. The number of aromatic nitrogens is 3. The van der Waals surface area contributed by atoms with Crippen LogP contribution in [0.3, 0.4) is 0 Å². The first-order valence-electron chi connectivity index (χ1n) is 8.81. The highest BCUT2D eigenvalue weighted by Crippen LogP contribution is 2.22. The zero-order valence-electron chi connectivity index (χ0n) is 15.9. The second kappa shape index (κ2) is 8.43. The first-order valence-corrected chi connectivity index (χ1v) is 9.79. The van der Waals surface area contributed by atoms with Gasteiger partial charge in [-0.25, -0.2) is 9.07 Å². The molecule has 1 unspecified atom stereocenters. The Morgan fingerprint density at radius 2 is 1.89 bits per heavy atom. The molecule has 3 aromatic rings. The van der Waals surface area contributed by atoms with Gasteiger partial charge in [0.15, 0.2) is 5.82 Å². The lowest BCUT2D eigenvalue weighted by molar-refractivity contribution is -0.119. The minimum atomic E-state index is -0.337. The number of aryl methyl sites for hydroxylation is 2. The van der Waals surface area contributed by atoms with Gasteiger partial charge in [0.1, 0.15) is 5.82 Å². The first-order chi connectivity index (χ1) is 13.3. The van der Waals surface area contributed by atoms with Gasteiger partial charge in [0.25, 0.3) is 0 Å². The fraction of sp³-hybridized carbons (Fsp3) is 0.250. The molecule has 8 heteroatoms. The molecule has 0 radical (unpaired) electrons. The summed E-state index contributed by atoms with van der Waals surface area (Å²) in [6, 6.07) is 11.9. The number of nitrogens with one attached hydrogen (secondary N) is 1. The van der Waals surface area contributed by atoms with Crippen LogP contribution in [0, 0.1) is 19.7 Å². The van der Waals surface area contributed by atoms with Crippen LogP contribution in [0.4, 0.5) is 4.39 Å². The van der Waals surface area contributed by atoms with E-state index in [0.29, 0.717) is 16.5 Å². The van der Waals surface area contributed by atoms with Crippen LogP contribution in [0.2, 0.25) is 0 Å². The number of benzene rings is 2. The molecule has 0 bridgehead atoms. The van der Waals surface area contributed by atoms with Gasteiger partial charge >= 0.3 is 0 Å². The number of halogens is 1. The number of nitrogens with two attached hydrogens (primary N) is 1. The van der Waals surface area contributed by atoms with E-state index < -0.39 is 0 Å². The predicted octanol–water partition coefficient (Wildman–Crippen LogP) is 3.38. The molecule has 1 atom stereocenters. The lowest BCUT2D eigenvalue weighted by Gasteiger charge is -2.15. The van der Waals surface area contributed by atoms with E-state index in [2.05, 4.69) is 41.5 Å². The molecule has 3 N–H and O–H groups in total. The molecule has 28 heavy (non-hydrogen) atoms. The second-order valence-corrected chi connectivity index (χ2v) is 7.55. The van der Waals surface area contributed by atoms with E-state index in [1.54, 1.807) is 12.1 Å². The second-order valence-electron chi connectivity index (χ2n) is 6.60. The van der Waals surface area contributed by atoms with Crippen molar-refractivity contribution in [1.82, 2.24) is 20.2 Å². The van der Waals surface area contributed by atoms with Gasteiger partial charge < -0.3 is 11.2 Å². The van der Waals surface area contributed by atoms with Crippen LogP contribution in [-0.2, 0) is 4.79 Å². The number of nitrogen functional groups attached to an aromatic ring is 1. The fourth-order valence-corrected chi connectivity index (χ4v) is 3.37. The fourth-order valence-electron chi connectivity index (χ4n) is 2.70. The number of hydrogen-bond donors (Lipinski definition) is 2. The van der Waals surface area contributed by atoms with Crippen molar-refractivity contribution in [3.8, 4) is 11.4 Å². The lowest BCUT2D eigenvalue weighted by Crippen LogP contribution is -2.28. The first kappa shape index (κ1) is 19.9. The molecule has 0 spiro atoms. The highest BCUT2D eigenvalue weighted by atomic mass is 32.2. The Morgan fingerprint density at radius 1 is 1.18 bits per heavy atom. The zero-order valence-corrected chi connectivity index (χ0v) is 16.8. The molecule has 0 aliphatic carbocycles. The van der Waals surface area contributed by atoms with Crippen molar-refractivity contribution in [2.75, 3.05) is 11.6 Å². The maximum absolute atomic E-state index is 13.1. The van der Waals surface area contributed by atoms with Crippen LogP contribution in [0.15, 0.2) is 47.6 Å². The summed E-state index contributed by atoms with van der Waals surface area (Å²) in [6.45, 7) is 6.06. The molecule has 1 amide bonds.